The molecule has 0 aliphatic rings. The highest BCUT2D eigenvalue weighted by Gasteiger charge is 2.17. The summed E-state index contributed by atoms with van der Waals surface area (Å²) in [5, 5.41) is 14.3. The normalized spacial score (nSPS) is 12.0. The van der Waals surface area contributed by atoms with Gasteiger partial charge in [0.2, 0.25) is 11.1 Å². The average molecular weight is 306 g/mol. The minimum atomic E-state index is -0.289. The van der Waals surface area contributed by atoms with Gasteiger partial charge in [-0.3, -0.25) is 4.79 Å². The number of carbonyl (C=O) groups is 1. The number of hydrogen-bond donors (Lipinski definition) is 1. The molecule has 0 fully saturated rings. The fraction of sp³-hybridized carbons (Fsp3) is 0.385. The molecule has 1 N–H and O–H groups in total. The SMILES string of the molecule is CC(Sc1nnnn1C)C(=O)Nc1ccc(N(C)C)cc1. The Balaban J connectivity index is 1.95. The van der Waals surface area contributed by atoms with Gasteiger partial charge in [0.15, 0.2) is 0 Å². The zero-order valence-electron chi connectivity index (χ0n) is 12.4. The second kappa shape index (κ2) is 6.57. The molecule has 1 atom stereocenters. The molecule has 0 aliphatic heterocycles. The maximum absolute atomic E-state index is 12.1. The van der Waals surface area contributed by atoms with Gasteiger partial charge in [0.1, 0.15) is 0 Å². The summed E-state index contributed by atoms with van der Waals surface area (Å²) in [7, 11) is 5.69. The van der Waals surface area contributed by atoms with Crippen LogP contribution in [0.1, 0.15) is 6.92 Å². The van der Waals surface area contributed by atoms with E-state index in [1.54, 1.807) is 11.7 Å². The number of thioether (sulfide) groups is 1. The van der Waals surface area contributed by atoms with E-state index in [1.165, 1.54) is 11.8 Å². The minimum absolute atomic E-state index is 0.0828. The number of anilines is 2. The molecule has 2 aromatic rings. The second-order valence-corrected chi connectivity index (χ2v) is 6.08. The highest BCUT2D eigenvalue weighted by Crippen LogP contribution is 2.21. The van der Waals surface area contributed by atoms with E-state index in [1.807, 2.05) is 50.2 Å². The molecule has 1 amide bonds. The second-order valence-electron chi connectivity index (χ2n) is 4.78. The first kappa shape index (κ1) is 15.3. The number of rotatable bonds is 5. The van der Waals surface area contributed by atoms with Crippen molar-refractivity contribution in [2.45, 2.75) is 17.3 Å². The van der Waals surface area contributed by atoms with Gasteiger partial charge < -0.3 is 10.2 Å². The molecule has 7 nitrogen and oxygen atoms in total. The van der Waals surface area contributed by atoms with Gasteiger partial charge in [-0.2, -0.15) is 0 Å². The first-order chi connectivity index (χ1) is 9.97. The molecule has 112 valence electrons. The Morgan fingerprint density at radius 3 is 2.52 bits per heavy atom. The van der Waals surface area contributed by atoms with E-state index in [0.29, 0.717) is 5.16 Å². The van der Waals surface area contributed by atoms with Crippen molar-refractivity contribution in [3.63, 3.8) is 0 Å². The molecule has 1 heterocycles. The van der Waals surface area contributed by atoms with E-state index in [-0.39, 0.29) is 11.2 Å². The molecule has 1 aromatic carbocycles. The number of benzene rings is 1. The molecule has 0 aliphatic carbocycles. The van der Waals surface area contributed by atoms with Crippen molar-refractivity contribution in [3.8, 4) is 0 Å². The summed E-state index contributed by atoms with van der Waals surface area (Å²) >= 11 is 1.32. The van der Waals surface area contributed by atoms with Crippen molar-refractivity contribution < 1.29 is 4.79 Å². The summed E-state index contributed by atoms with van der Waals surface area (Å²) in [6.07, 6.45) is 0. The molecule has 0 radical (unpaired) electrons. The van der Waals surface area contributed by atoms with E-state index in [9.17, 15) is 4.79 Å². The van der Waals surface area contributed by atoms with Gasteiger partial charge >= 0.3 is 0 Å². The predicted octanol–water partition coefficient (Wildman–Crippen LogP) is 1.40. The average Bonchev–Trinajstić information content (AvgIpc) is 2.84. The smallest absolute Gasteiger partial charge is 0.237 e. The molecular formula is C13H18N6OS. The molecule has 8 heteroatoms. The largest absolute Gasteiger partial charge is 0.378 e. The summed E-state index contributed by atoms with van der Waals surface area (Å²) in [6.45, 7) is 1.82. The van der Waals surface area contributed by atoms with Crippen LogP contribution in [-0.4, -0.2) is 45.5 Å². The summed E-state index contributed by atoms with van der Waals surface area (Å²) in [4.78, 5) is 14.2. The van der Waals surface area contributed by atoms with Crippen LogP contribution in [0.15, 0.2) is 29.4 Å². The molecule has 0 saturated heterocycles. The van der Waals surface area contributed by atoms with Crippen molar-refractivity contribution in [1.82, 2.24) is 20.2 Å². The topological polar surface area (TPSA) is 75.9 Å². The van der Waals surface area contributed by atoms with Crippen LogP contribution in [0.3, 0.4) is 0 Å². The van der Waals surface area contributed by atoms with Crippen molar-refractivity contribution in [3.05, 3.63) is 24.3 Å². The van der Waals surface area contributed by atoms with Gasteiger partial charge in [-0.25, -0.2) is 4.68 Å². The molecule has 1 aromatic heterocycles. The third-order valence-corrected chi connectivity index (χ3v) is 4.01. The Labute approximate surface area is 127 Å². The van der Waals surface area contributed by atoms with Crippen molar-refractivity contribution in [2.75, 3.05) is 24.3 Å². The van der Waals surface area contributed by atoms with Crippen LogP contribution in [-0.2, 0) is 11.8 Å². The van der Waals surface area contributed by atoms with Crippen LogP contribution in [0, 0.1) is 0 Å². The van der Waals surface area contributed by atoms with Crippen molar-refractivity contribution >= 4 is 29.0 Å². The highest BCUT2D eigenvalue weighted by atomic mass is 32.2. The predicted molar refractivity (Wildman–Crippen MR) is 83.5 cm³/mol. The lowest BCUT2D eigenvalue weighted by Crippen LogP contribution is -2.22. The lowest BCUT2D eigenvalue weighted by Gasteiger charge is -2.14. The van der Waals surface area contributed by atoms with Gasteiger partial charge in [0.25, 0.3) is 0 Å². The quantitative estimate of drug-likeness (QED) is 0.842. The monoisotopic (exact) mass is 306 g/mol. The first-order valence-corrected chi connectivity index (χ1v) is 7.32. The fourth-order valence-corrected chi connectivity index (χ4v) is 2.37. The summed E-state index contributed by atoms with van der Waals surface area (Å²) in [5.74, 6) is -0.0828. The molecule has 2 rings (SSSR count). The Morgan fingerprint density at radius 1 is 1.33 bits per heavy atom. The maximum Gasteiger partial charge on any atom is 0.237 e. The van der Waals surface area contributed by atoms with Crippen molar-refractivity contribution in [2.24, 2.45) is 7.05 Å². The number of nitrogens with zero attached hydrogens (tertiary/aromatic N) is 5. The zero-order valence-corrected chi connectivity index (χ0v) is 13.3. The van der Waals surface area contributed by atoms with Crippen LogP contribution in [0.25, 0.3) is 0 Å². The molecule has 1 unspecified atom stereocenters. The Hall–Kier alpha value is -2.09. The van der Waals surface area contributed by atoms with Crippen LogP contribution in [0.5, 0.6) is 0 Å². The van der Waals surface area contributed by atoms with Gasteiger partial charge in [0, 0.05) is 32.5 Å². The van der Waals surface area contributed by atoms with Crippen molar-refractivity contribution in [1.29, 1.82) is 0 Å². The highest BCUT2D eigenvalue weighted by molar-refractivity contribution is 8.00. The van der Waals surface area contributed by atoms with Crippen LogP contribution in [0.2, 0.25) is 0 Å². The van der Waals surface area contributed by atoms with E-state index >= 15 is 0 Å². The van der Waals surface area contributed by atoms with Gasteiger partial charge in [-0.1, -0.05) is 11.8 Å². The number of amides is 1. The number of nitrogens with one attached hydrogen (secondary N) is 1. The summed E-state index contributed by atoms with van der Waals surface area (Å²) in [5.41, 5.74) is 1.86. The van der Waals surface area contributed by atoms with Crippen LogP contribution >= 0.6 is 11.8 Å². The first-order valence-electron chi connectivity index (χ1n) is 6.44. The number of tetrazole rings is 1. The van der Waals surface area contributed by atoms with Gasteiger partial charge in [-0.15, -0.1) is 5.10 Å². The maximum atomic E-state index is 12.1. The Kier molecular flexibility index (Phi) is 4.79. The summed E-state index contributed by atoms with van der Waals surface area (Å²) in [6, 6.07) is 7.68. The Morgan fingerprint density at radius 2 is 2.00 bits per heavy atom. The van der Waals surface area contributed by atoms with E-state index in [0.717, 1.165) is 11.4 Å². The number of hydrogen-bond acceptors (Lipinski definition) is 6. The fourth-order valence-electron chi connectivity index (χ4n) is 1.62. The van der Waals surface area contributed by atoms with E-state index < -0.39 is 0 Å². The molecule has 0 spiro atoms. The zero-order chi connectivity index (χ0) is 15.4. The molecule has 21 heavy (non-hydrogen) atoms. The number of aryl methyl sites for hydroxylation is 1. The Bertz CT molecular complexity index is 609. The molecular weight excluding hydrogens is 288 g/mol. The van der Waals surface area contributed by atoms with Crippen LogP contribution in [0.4, 0.5) is 11.4 Å². The van der Waals surface area contributed by atoms with Gasteiger partial charge in [-0.05, 0) is 41.6 Å². The number of carbonyl (C=O) groups excluding carboxylic acids is 1. The summed E-state index contributed by atoms with van der Waals surface area (Å²) < 4.78 is 1.54. The molecule has 0 saturated carbocycles. The third kappa shape index (κ3) is 3.94. The van der Waals surface area contributed by atoms with E-state index in [4.69, 9.17) is 0 Å². The third-order valence-electron chi connectivity index (χ3n) is 2.88. The lowest BCUT2D eigenvalue weighted by atomic mass is 10.2. The van der Waals surface area contributed by atoms with Gasteiger partial charge in [0.05, 0.1) is 5.25 Å². The van der Waals surface area contributed by atoms with E-state index in [2.05, 4.69) is 20.8 Å². The standard InChI is InChI=1S/C13H18N6OS/c1-9(21-13-15-16-17-19(13)4)12(20)14-10-5-7-11(8-6-10)18(2)3/h5-9H,1-4H3,(H,14,20). The lowest BCUT2D eigenvalue weighted by molar-refractivity contribution is -0.115. The van der Waals surface area contributed by atoms with Crippen LogP contribution < -0.4 is 10.2 Å². The molecule has 0 bridgehead atoms. The minimum Gasteiger partial charge on any atom is -0.378 e. The number of aromatic nitrogens is 4.